The van der Waals surface area contributed by atoms with Gasteiger partial charge in [-0.3, -0.25) is 5.41 Å². The predicted octanol–water partition coefficient (Wildman–Crippen LogP) is 5.95. The van der Waals surface area contributed by atoms with Crippen molar-refractivity contribution < 1.29 is 0 Å². The van der Waals surface area contributed by atoms with Crippen molar-refractivity contribution in [2.75, 3.05) is 5.75 Å². The zero-order chi connectivity index (χ0) is 16.4. The average Bonchev–Trinajstić information content (AvgIpc) is 2.11. The molecule has 0 aliphatic carbocycles. The first-order valence-corrected chi connectivity index (χ1v) is 8.65. The molecule has 1 unspecified atom stereocenters. The van der Waals surface area contributed by atoms with E-state index in [0.717, 1.165) is 5.75 Å². The second-order valence-corrected chi connectivity index (χ2v) is 9.99. The van der Waals surface area contributed by atoms with Gasteiger partial charge in [0.15, 0.2) is 5.17 Å². The Morgan fingerprint density at radius 2 is 1.48 bits per heavy atom. The Labute approximate surface area is 147 Å². The van der Waals surface area contributed by atoms with E-state index in [0.29, 0.717) is 17.3 Å². The zero-order valence-corrected chi connectivity index (χ0v) is 18.0. The number of nitrogens with two attached hydrogens (primary N) is 1. The predicted molar refractivity (Wildman–Crippen MR) is 105 cm³/mol. The van der Waals surface area contributed by atoms with E-state index in [9.17, 15) is 0 Å². The Morgan fingerprint density at radius 3 is 1.76 bits per heavy atom. The van der Waals surface area contributed by atoms with Crippen molar-refractivity contribution in [3.05, 3.63) is 0 Å². The number of amidine groups is 1. The molecule has 0 aliphatic rings. The normalized spacial score (nSPS) is 14.8. The van der Waals surface area contributed by atoms with Crippen LogP contribution < -0.4 is 5.73 Å². The van der Waals surface area contributed by atoms with Crippen molar-refractivity contribution in [1.29, 1.82) is 5.41 Å². The fourth-order valence-corrected chi connectivity index (χ4v) is 4.74. The van der Waals surface area contributed by atoms with Gasteiger partial charge in [-0.2, -0.15) is 0 Å². The summed E-state index contributed by atoms with van der Waals surface area (Å²) in [6, 6.07) is 0. The SMILES string of the molecule is Br.CC(C)C(C)(C)C(CSC(=N)N)C(C)(C)CC(C)(C)C. The molecule has 0 rings (SSSR count). The summed E-state index contributed by atoms with van der Waals surface area (Å²) >= 11 is 1.50. The van der Waals surface area contributed by atoms with E-state index < -0.39 is 0 Å². The standard InChI is InChI=1S/C17H36N2S.BrH/c1-12(2)17(8,9)13(10-20-14(18)19)16(6,7)11-15(3,4)5;/h12-13H,10-11H2,1-9H3,(H3,18,19);1H. The molecule has 0 bridgehead atoms. The molecule has 0 aromatic rings. The molecule has 0 spiro atoms. The van der Waals surface area contributed by atoms with Gasteiger partial charge in [0.1, 0.15) is 0 Å². The van der Waals surface area contributed by atoms with Crippen LogP contribution in [0.3, 0.4) is 0 Å². The lowest BCUT2D eigenvalue weighted by Gasteiger charge is -2.49. The smallest absolute Gasteiger partial charge is 0.151 e. The van der Waals surface area contributed by atoms with E-state index in [1.54, 1.807) is 0 Å². The Balaban J connectivity index is 0. The van der Waals surface area contributed by atoms with Crippen molar-refractivity contribution >= 4 is 33.9 Å². The molecule has 0 saturated heterocycles. The summed E-state index contributed by atoms with van der Waals surface area (Å²) < 4.78 is 0. The Morgan fingerprint density at radius 1 is 1.05 bits per heavy atom. The van der Waals surface area contributed by atoms with Gasteiger partial charge in [0.05, 0.1) is 0 Å². The second kappa shape index (κ2) is 8.24. The number of hydrogen-bond donors (Lipinski definition) is 2. The summed E-state index contributed by atoms with van der Waals surface area (Å²) in [5.41, 5.74) is 6.36. The molecule has 128 valence electrons. The van der Waals surface area contributed by atoms with Crippen LogP contribution in [0.5, 0.6) is 0 Å². The highest BCUT2D eigenvalue weighted by Crippen LogP contribution is 2.50. The molecule has 3 N–H and O–H groups in total. The number of thioether (sulfide) groups is 1. The highest BCUT2D eigenvalue weighted by molar-refractivity contribution is 8.93. The van der Waals surface area contributed by atoms with Crippen LogP contribution in [-0.4, -0.2) is 10.9 Å². The van der Waals surface area contributed by atoms with Gasteiger partial charge in [-0.15, -0.1) is 17.0 Å². The lowest BCUT2D eigenvalue weighted by atomic mass is 9.58. The third kappa shape index (κ3) is 7.92. The molecule has 0 aliphatic heterocycles. The molecular formula is C17H37BrN2S. The van der Waals surface area contributed by atoms with Crippen LogP contribution in [0.4, 0.5) is 0 Å². The summed E-state index contributed by atoms with van der Waals surface area (Å²) in [6.45, 7) is 21.0. The van der Waals surface area contributed by atoms with Crippen LogP contribution in [0.2, 0.25) is 0 Å². The van der Waals surface area contributed by atoms with Crippen LogP contribution in [-0.2, 0) is 0 Å². The van der Waals surface area contributed by atoms with Gasteiger partial charge in [-0.05, 0) is 34.5 Å². The van der Waals surface area contributed by atoms with E-state index in [-0.39, 0.29) is 33.0 Å². The van der Waals surface area contributed by atoms with Crippen molar-refractivity contribution in [2.45, 2.75) is 68.7 Å². The minimum absolute atomic E-state index is 0. The fourth-order valence-electron chi connectivity index (χ4n) is 3.51. The van der Waals surface area contributed by atoms with Gasteiger partial charge in [0.2, 0.25) is 0 Å². The second-order valence-electron chi connectivity index (χ2n) is 8.93. The topological polar surface area (TPSA) is 49.9 Å². The largest absolute Gasteiger partial charge is 0.379 e. The minimum atomic E-state index is 0. The monoisotopic (exact) mass is 380 g/mol. The number of halogens is 1. The maximum atomic E-state index is 7.52. The molecule has 4 heteroatoms. The van der Waals surface area contributed by atoms with Crippen LogP contribution in [0, 0.1) is 33.5 Å². The van der Waals surface area contributed by atoms with Crippen LogP contribution in [0.1, 0.15) is 68.7 Å². The lowest BCUT2D eigenvalue weighted by Crippen LogP contribution is -2.43. The van der Waals surface area contributed by atoms with Gasteiger partial charge in [0.25, 0.3) is 0 Å². The lowest BCUT2D eigenvalue weighted by molar-refractivity contribution is 0.0247. The summed E-state index contributed by atoms with van der Waals surface area (Å²) in [7, 11) is 0. The van der Waals surface area contributed by atoms with Crippen LogP contribution in [0.25, 0.3) is 0 Å². The molecule has 1 atom stereocenters. The van der Waals surface area contributed by atoms with Crippen LogP contribution in [0.15, 0.2) is 0 Å². The van der Waals surface area contributed by atoms with E-state index in [2.05, 4.69) is 62.3 Å². The zero-order valence-electron chi connectivity index (χ0n) is 15.5. The molecular weight excluding hydrogens is 344 g/mol. The molecule has 0 saturated carbocycles. The van der Waals surface area contributed by atoms with E-state index in [1.807, 2.05) is 0 Å². The van der Waals surface area contributed by atoms with Gasteiger partial charge < -0.3 is 5.73 Å². The fraction of sp³-hybridized carbons (Fsp3) is 0.941. The summed E-state index contributed by atoms with van der Waals surface area (Å²) in [5.74, 6) is 2.08. The molecule has 0 fully saturated rings. The molecule has 2 nitrogen and oxygen atoms in total. The Kier molecular flexibility index (Phi) is 9.24. The van der Waals surface area contributed by atoms with Crippen LogP contribution >= 0.6 is 28.7 Å². The number of rotatable bonds is 6. The van der Waals surface area contributed by atoms with Gasteiger partial charge >= 0.3 is 0 Å². The Hall–Kier alpha value is 0.300. The van der Waals surface area contributed by atoms with Crippen molar-refractivity contribution in [2.24, 2.45) is 33.8 Å². The van der Waals surface area contributed by atoms with E-state index in [1.165, 1.54) is 18.2 Å². The van der Waals surface area contributed by atoms with Crippen molar-refractivity contribution in [1.82, 2.24) is 0 Å². The first kappa shape index (κ1) is 23.6. The summed E-state index contributed by atoms with van der Waals surface area (Å²) in [4.78, 5) is 0. The van der Waals surface area contributed by atoms with Crippen molar-refractivity contribution in [3.8, 4) is 0 Å². The molecule has 0 aromatic carbocycles. The first-order valence-electron chi connectivity index (χ1n) is 7.67. The highest BCUT2D eigenvalue weighted by Gasteiger charge is 2.43. The van der Waals surface area contributed by atoms with Gasteiger partial charge in [-0.25, -0.2) is 0 Å². The summed E-state index contributed by atoms with van der Waals surface area (Å²) in [5, 5.41) is 7.76. The number of nitrogens with one attached hydrogen (secondary N) is 1. The molecule has 0 radical (unpaired) electrons. The molecule has 0 aromatic heterocycles. The van der Waals surface area contributed by atoms with Gasteiger partial charge in [0, 0.05) is 5.75 Å². The van der Waals surface area contributed by atoms with E-state index >= 15 is 0 Å². The maximum Gasteiger partial charge on any atom is 0.151 e. The number of hydrogen-bond acceptors (Lipinski definition) is 2. The van der Waals surface area contributed by atoms with E-state index in [4.69, 9.17) is 11.1 Å². The quantitative estimate of drug-likeness (QED) is 0.441. The molecule has 21 heavy (non-hydrogen) atoms. The first-order chi connectivity index (χ1) is 8.70. The van der Waals surface area contributed by atoms with Gasteiger partial charge in [-0.1, -0.05) is 74.1 Å². The molecule has 0 heterocycles. The minimum Gasteiger partial charge on any atom is -0.379 e. The average molecular weight is 381 g/mol. The van der Waals surface area contributed by atoms with Crippen molar-refractivity contribution in [3.63, 3.8) is 0 Å². The maximum absolute atomic E-state index is 7.52. The Bertz CT molecular complexity index is 330. The third-order valence-electron chi connectivity index (χ3n) is 4.72. The molecule has 0 amide bonds. The third-order valence-corrected chi connectivity index (χ3v) is 5.53. The summed E-state index contributed by atoms with van der Waals surface area (Å²) in [6.07, 6.45) is 1.18. The highest BCUT2D eigenvalue weighted by atomic mass is 79.9.